The zero-order valence-corrected chi connectivity index (χ0v) is 15.5. The summed E-state index contributed by atoms with van der Waals surface area (Å²) in [5.74, 6) is 1.63. The van der Waals surface area contributed by atoms with Crippen molar-refractivity contribution in [1.82, 2.24) is 10.2 Å². The molecule has 0 aliphatic carbocycles. The van der Waals surface area contributed by atoms with Gasteiger partial charge in [0.05, 0.1) is 19.2 Å². The van der Waals surface area contributed by atoms with Crippen LogP contribution in [0.4, 0.5) is 0 Å². The average Bonchev–Trinajstić information content (AvgIpc) is 2.63. The van der Waals surface area contributed by atoms with Gasteiger partial charge >= 0.3 is 0 Å². The van der Waals surface area contributed by atoms with Gasteiger partial charge in [0.1, 0.15) is 18.1 Å². The van der Waals surface area contributed by atoms with Crippen LogP contribution in [0.15, 0.2) is 48.5 Å². The molecule has 0 radical (unpaired) electrons. The van der Waals surface area contributed by atoms with Gasteiger partial charge in [0.15, 0.2) is 0 Å². The number of rotatable bonds is 7. The SMILES string of the molecule is CN(CCOc1ccc(Cl)cc1)CC(=O)NC1CCOc2ccccc21. The number of carbonyl (C=O) groups excluding carboxylic acids is 1. The maximum atomic E-state index is 12.4. The van der Waals surface area contributed by atoms with Gasteiger partial charge in [-0.1, -0.05) is 29.8 Å². The molecule has 0 saturated heterocycles. The average molecular weight is 375 g/mol. The topological polar surface area (TPSA) is 50.8 Å². The molecule has 1 aliphatic heterocycles. The van der Waals surface area contributed by atoms with Crippen LogP contribution in [0.5, 0.6) is 11.5 Å². The normalized spacial score (nSPS) is 15.9. The molecular formula is C20H23ClN2O3. The summed E-state index contributed by atoms with van der Waals surface area (Å²) in [4.78, 5) is 14.3. The second-order valence-corrected chi connectivity index (χ2v) is 6.77. The third kappa shape index (κ3) is 5.13. The molecule has 1 atom stereocenters. The highest BCUT2D eigenvalue weighted by atomic mass is 35.5. The summed E-state index contributed by atoms with van der Waals surface area (Å²) in [7, 11) is 1.91. The number of para-hydroxylation sites is 1. The first-order chi connectivity index (χ1) is 12.6. The number of likely N-dealkylation sites (N-methyl/N-ethyl adjacent to an activating group) is 1. The van der Waals surface area contributed by atoms with E-state index in [1.54, 1.807) is 12.1 Å². The summed E-state index contributed by atoms with van der Waals surface area (Å²) in [6.45, 7) is 2.10. The predicted octanol–water partition coefficient (Wildman–Crippen LogP) is 3.29. The van der Waals surface area contributed by atoms with E-state index in [0.29, 0.717) is 31.3 Å². The fraction of sp³-hybridized carbons (Fsp3) is 0.350. The highest BCUT2D eigenvalue weighted by Gasteiger charge is 2.22. The molecule has 3 rings (SSSR count). The van der Waals surface area contributed by atoms with Crippen LogP contribution in [0.25, 0.3) is 0 Å². The van der Waals surface area contributed by atoms with Crippen LogP contribution < -0.4 is 14.8 Å². The molecule has 0 saturated carbocycles. The standard InChI is InChI=1S/C20H23ClN2O3/c1-23(11-13-25-16-8-6-15(21)7-9-16)14-20(24)22-18-10-12-26-19-5-3-2-4-17(18)19/h2-9,18H,10-14H2,1H3,(H,22,24). The number of amides is 1. The second-order valence-electron chi connectivity index (χ2n) is 6.34. The van der Waals surface area contributed by atoms with Crippen LogP contribution in [-0.2, 0) is 4.79 Å². The highest BCUT2D eigenvalue weighted by Crippen LogP contribution is 2.31. The van der Waals surface area contributed by atoms with Crippen molar-refractivity contribution in [3.8, 4) is 11.5 Å². The maximum absolute atomic E-state index is 12.4. The maximum Gasteiger partial charge on any atom is 0.234 e. The molecule has 5 nitrogen and oxygen atoms in total. The van der Waals surface area contributed by atoms with Crippen LogP contribution in [-0.4, -0.2) is 44.2 Å². The van der Waals surface area contributed by atoms with Gasteiger partial charge in [0, 0.05) is 23.6 Å². The summed E-state index contributed by atoms with van der Waals surface area (Å²) >= 11 is 5.85. The highest BCUT2D eigenvalue weighted by molar-refractivity contribution is 6.30. The minimum absolute atomic E-state index is 0.000644. The van der Waals surface area contributed by atoms with E-state index in [2.05, 4.69) is 5.32 Å². The van der Waals surface area contributed by atoms with Gasteiger partial charge in [0.25, 0.3) is 0 Å². The Labute approximate surface area is 158 Å². The molecule has 1 N–H and O–H groups in total. The fourth-order valence-corrected chi connectivity index (χ4v) is 3.03. The molecule has 1 amide bonds. The smallest absolute Gasteiger partial charge is 0.234 e. The Bertz CT molecular complexity index is 736. The van der Waals surface area contributed by atoms with E-state index in [-0.39, 0.29) is 11.9 Å². The molecule has 26 heavy (non-hydrogen) atoms. The second kappa shape index (κ2) is 8.92. The van der Waals surface area contributed by atoms with E-state index in [1.165, 1.54) is 0 Å². The van der Waals surface area contributed by atoms with Crippen molar-refractivity contribution in [3.63, 3.8) is 0 Å². The summed E-state index contributed by atoms with van der Waals surface area (Å²) in [5, 5.41) is 3.79. The van der Waals surface area contributed by atoms with Gasteiger partial charge in [-0.05, 0) is 37.4 Å². The quantitative estimate of drug-likeness (QED) is 0.808. The monoisotopic (exact) mass is 374 g/mol. The van der Waals surface area contributed by atoms with Crippen molar-refractivity contribution in [2.24, 2.45) is 0 Å². The fourth-order valence-electron chi connectivity index (χ4n) is 2.91. The lowest BCUT2D eigenvalue weighted by molar-refractivity contribution is -0.122. The summed E-state index contributed by atoms with van der Waals surface area (Å²) in [5.41, 5.74) is 1.04. The van der Waals surface area contributed by atoms with E-state index in [4.69, 9.17) is 21.1 Å². The van der Waals surface area contributed by atoms with Gasteiger partial charge in [-0.25, -0.2) is 0 Å². The van der Waals surface area contributed by atoms with Crippen molar-refractivity contribution in [3.05, 3.63) is 59.1 Å². The van der Waals surface area contributed by atoms with Crippen LogP contribution >= 0.6 is 11.6 Å². The number of halogens is 1. The molecule has 1 unspecified atom stereocenters. The van der Waals surface area contributed by atoms with E-state index in [0.717, 1.165) is 23.5 Å². The molecule has 138 valence electrons. The molecule has 1 heterocycles. The summed E-state index contributed by atoms with van der Waals surface area (Å²) in [6.07, 6.45) is 0.784. The first-order valence-corrected chi connectivity index (χ1v) is 9.07. The van der Waals surface area contributed by atoms with Crippen molar-refractivity contribution in [2.45, 2.75) is 12.5 Å². The zero-order valence-electron chi connectivity index (χ0n) is 14.8. The number of nitrogens with one attached hydrogen (secondary N) is 1. The number of ether oxygens (including phenoxy) is 2. The third-order valence-electron chi connectivity index (χ3n) is 4.26. The molecule has 2 aromatic rings. The molecule has 1 aliphatic rings. The van der Waals surface area contributed by atoms with Crippen LogP contribution in [0.1, 0.15) is 18.0 Å². The van der Waals surface area contributed by atoms with E-state index < -0.39 is 0 Å². The zero-order chi connectivity index (χ0) is 18.4. The molecule has 0 bridgehead atoms. The predicted molar refractivity (Wildman–Crippen MR) is 102 cm³/mol. The number of nitrogens with zero attached hydrogens (tertiary/aromatic N) is 1. The van der Waals surface area contributed by atoms with Crippen LogP contribution in [0.2, 0.25) is 5.02 Å². The van der Waals surface area contributed by atoms with Gasteiger partial charge < -0.3 is 14.8 Å². The van der Waals surface area contributed by atoms with Crippen molar-refractivity contribution in [1.29, 1.82) is 0 Å². The molecule has 0 spiro atoms. The Balaban J connectivity index is 1.42. The lowest BCUT2D eigenvalue weighted by Crippen LogP contribution is -2.39. The molecule has 0 aromatic heterocycles. The largest absolute Gasteiger partial charge is 0.493 e. The molecule has 0 fully saturated rings. The first kappa shape index (κ1) is 18.5. The summed E-state index contributed by atoms with van der Waals surface area (Å²) < 4.78 is 11.3. The van der Waals surface area contributed by atoms with Gasteiger partial charge in [-0.2, -0.15) is 0 Å². The minimum atomic E-state index is 0.000644. The number of hydrogen-bond acceptors (Lipinski definition) is 4. The Morgan fingerprint density at radius 1 is 1.27 bits per heavy atom. The first-order valence-electron chi connectivity index (χ1n) is 8.70. The van der Waals surface area contributed by atoms with Crippen LogP contribution in [0, 0.1) is 0 Å². The molecule has 2 aromatic carbocycles. The minimum Gasteiger partial charge on any atom is -0.493 e. The number of carbonyl (C=O) groups is 1. The van der Waals surface area contributed by atoms with Crippen LogP contribution in [0.3, 0.4) is 0 Å². The lowest BCUT2D eigenvalue weighted by atomic mass is 10.0. The van der Waals surface area contributed by atoms with Crippen molar-refractivity contribution < 1.29 is 14.3 Å². The number of fused-ring (bicyclic) bond motifs is 1. The Kier molecular flexibility index (Phi) is 6.36. The Hall–Kier alpha value is -2.24. The van der Waals surface area contributed by atoms with Crippen molar-refractivity contribution in [2.75, 3.05) is 33.4 Å². The number of benzene rings is 2. The Morgan fingerprint density at radius 2 is 2.04 bits per heavy atom. The Morgan fingerprint density at radius 3 is 2.85 bits per heavy atom. The van der Waals surface area contributed by atoms with Gasteiger partial charge in [-0.3, -0.25) is 9.69 Å². The van der Waals surface area contributed by atoms with E-state index >= 15 is 0 Å². The third-order valence-corrected chi connectivity index (χ3v) is 4.51. The summed E-state index contributed by atoms with van der Waals surface area (Å²) in [6, 6.07) is 15.1. The van der Waals surface area contributed by atoms with Gasteiger partial charge in [-0.15, -0.1) is 0 Å². The molecule has 6 heteroatoms. The molecular weight excluding hydrogens is 352 g/mol. The van der Waals surface area contributed by atoms with E-state index in [1.807, 2.05) is 48.3 Å². The van der Waals surface area contributed by atoms with E-state index in [9.17, 15) is 4.79 Å². The van der Waals surface area contributed by atoms with Crippen molar-refractivity contribution >= 4 is 17.5 Å². The lowest BCUT2D eigenvalue weighted by Gasteiger charge is -2.27. The van der Waals surface area contributed by atoms with Gasteiger partial charge in [0.2, 0.25) is 5.91 Å². The number of hydrogen-bond donors (Lipinski definition) is 1.